The molecule has 2 heterocycles. The Labute approximate surface area is 127 Å². The van der Waals surface area contributed by atoms with Crippen LogP contribution in [-0.2, 0) is 16.8 Å². The Hall–Kier alpha value is -2.60. The molecular weight excluding hydrogens is 282 g/mol. The van der Waals surface area contributed by atoms with Gasteiger partial charge in [0.15, 0.2) is 0 Å². The molecule has 6 nitrogen and oxygen atoms in total. The standard InChI is InChI=1S/C16H17N3O3/c1-16(21,14-3-2-6-22-14)10-17-15(20)8-11-4-5-12-9-18-19-13(12)7-11/h2-7,9,21H,8,10H2,1H3,(H,17,20)(H,18,19). The van der Waals surface area contributed by atoms with Crippen molar-refractivity contribution in [2.24, 2.45) is 0 Å². The number of aliphatic hydroxyl groups is 1. The first-order chi connectivity index (χ1) is 10.5. The molecule has 0 aliphatic carbocycles. The summed E-state index contributed by atoms with van der Waals surface area (Å²) in [6.45, 7) is 1.69. The van der Waals surface area contributed by atoms with Crippen LogP contribution in [0.15, 0.2) is 47.2 Å². The van der Waals surface area contributed by atoms with Gasteiger partial charge in [0, 0.05) is 5.39 Å². The Kier molecular flexibility index (Phi) is 3.68. The van der Waals surface area contributed by atoms with Crippen LogP contribution in [0.25, 0.3) is 10.9 Å². The van der Waals surface area contributed by atoms with Crippen LogP contribution in [0.5, 0.6) is 0 Å². The molecule has 0 aliphatic rings. The molecule has 0 bridgehead atoms. The van der Waals surface area contributed by atoms with Gasteiger partial charge in [-0.3, -0.25) is 9.89 Å². The number of furan rings is 1. The number of amides is 1. The zero-order chi connectivity index (χ0) is 15.6. The SMILES string of the molecule is CC(O)(CNC(=O)Cc1ccc2cn[nH]c2c1)c1ccco1. The maximum atomic E-state index is 12.0. The summed E-state index contributed by atoms with van der Waals surface area (Å²) < 4.78 is 5.18. The molecule has 3 N–H and O–H groups in total. The van der Waals surface area contributed by atoms with E-state index >= 15 is 0 Å². The van der Waals surface area contributed by atoms with Gasteiger partial charge < -0.3 is 14.8 Å². The van der Waals surface area contributed by atoms with Crippen molar-refractivity contribution in [3.8, 4) is 0 Å². The lowest BCUT2D eigenvalue weighted by atomic mass is 10.0. The van der Waals surface area contributed by atoms with E-state index in [2.05, 4.69) is 15.5 Å². The number of carbonyl (C=O) groups excluding carboxylic acids is 1. The molecule has 1 unspecified atom stereocenters. The Morgan fingerprint density at radius 3 is 3.09 bits per heavy atom. The minimum Gasteiger partial charge on any atom is -0.466 e. The average Bonchev–Trinajstić information content (AvgIpc) is 3.16. The number of nitrogens with zero attached hydrogens (tertiary/aromatic N) is 1. The molecule has 0 spiro atoms. The summed E-state index contributed by atoms with van der Waals surface area (Å²) >= 11 is 0. The van der Waals surface area contributed by atoms with E-state index in [1.54, 1.807) is 25.3 Å². The van der Waals surface area contributed by atoms with Gasteiger partial charge in [-0.1, -0.05) is 12.1 Å². The van der Waals surface area contributed by atoms with Gasteiger partial charge in [0.2, 0.25) is 5.91 Å². The first kappa shape index (κ1) is 14.3. The molecule has 0 saturated heterocycles. The van der Waals surface area contributed by atoms with E-state index in [1.165, 1.54) is 6.26 Å². The zero-order valence-electron chi connectivity index (χ0n) is 12.2. The number of carbonyl (C=O) groups is 1. The van der Waals surface area contributed by atoms with Gasteiger partial charge in [-0.05, 0) is 30.7 Å². The lowest BCUT2D eigenvalue weighted by Crippen LogP contribution is -2.39. The first-order valence-corrected chi connectivity index (χ1v) is 7.00. The molecular formula is C16H17N3O3. The third-order valence-electron chi connectivity index (χ3n) is 3.55. The second-order valence-electron chi connectivity index (χ2n) is 5.50. The summed E-state index contributed by atoms with van der Waals surface area (Å²) in [5.74, 6) is 0.261. The van der Waals surface area contributed by atoms with Crippen LogP contribution in [0.1, 0.15) is 18.2 Å². The van der Waals surface area contributed by atoms with E-state index in [9.17, 15) is 9.90 Å². The van der Waals surface area contributed by atoms with E-state index in [0.717, 1.165) is 16.5 Å². The van der Waals surface area contributed by atoms with Crippen molar-refractivity contribution < 1.29 is 14.3 Å². The Balaban J connectivity index is 1.60. The van der Waals surface area contributed by atoms with Gasteiger partial charge in [-0.2, -0.15) is 5.10 Å². The second-order valence-corrected chi connectivity index (χ2v) is 5.50. The quantitative estimate of drug-likeness (QED) is 0.669. The zero-order valence-corrected chi connectivity index (χ0v) is 12.2. The largest absolute Gasteiger partial charge is 0.466 e. The van der Waals surface area contributed by atoms with Crippen LogP contribution in [-0.4, -0.2) is 27.8 Å². The van der Waals surface area contributed by atoms with Gasteiger partial charge >= 0.3 is 0 Å². The van der Waals surface area contributed by atoms with E-state index < -0.39 is 5.60 Å². The molecule has 0 fully saturated rings. The monoisotopic (exact) mass is 299 g/mol. The molecule has 3 rings (SSSR count). The highest BCUT2D eigenvalue weighted by Gasteiger charge is 2.26. The minimum atomic E-state index is -1.23. The fourth-order valence-electron chi connectivity index (χ4n) is 2.28. The van der Waals surface area contributed by atoms with E-state index in [1.807, 2.05) is 18.2 Å². The molecule has 0 saturated carbocycles. The van der Waals surface area contributed by atoms with Crippen LogP contribution in [0.3, 0.4) is 0 Å². The van der Waals surface area contributed by atoms with Crippen molar-refractivity contribution in [3.05, 3.63) is 54.1 Å². The van der Waals surface area contributed by atoms with E-state index in [4.69, 9.17) is 4.42 Å². The molecule has 1 atom stereocenters. The highest BCUT2D eigenvalue weighted by atomic mass is 16.4. The molecule has 3 aromatic rings. The molecule has 114 valence electrons. The normalized spacial score (nSPS) is 13.9. The first-order valence-electron chi connectivity index (χ1n) is 7.00. The molecule has 1 aromatic carbocycles. The van der Waals surface area contributed by atoms with Gasteiger partial charge in [0.05, 0.1) is 30.9 Å². The highest BCUT2D eigenvalue weighted by molar-refractivity contribution is 5.82. The third-order valence-corrected chi connectivity index (χ3v) is 3.55. The Morgan fingerprint density at radius 1 is 1.45 bits per heavy atom. The van der Waals surface area contributed by atoms with E-state index in [0.29, 0.717) is 5.76 Å². The van der Waals surface area contributed by atoms with Crippen molar-refractivity contribution in [2.45, 2.75) is 18.9 Å². The van der Waals surface area contributed by atoms with Crippen LogP contribution in [0.4, 0.5) is 0 Å². The lowest BCUT2D eigenvalue weighted by molar-refractivity contribution is -0.121. The van der Waals surface area contributed by atoms with Gasteiger partial charge in [0.25, 0.3) is 0 Å². The van der Waals surface area contributed by atoms with Crippen molar-refractivity contribution in [1.29, 1.82) is 0 Å². The molecule has 0 aliphatic heterocycles. The van der Waals surface area contributed by atoms with Crippen molar-refractivity contribution in [1.82, 2.24) is 15.5 Å². The summed E-state index contributed by atoms with van der Waals surface area (Å²) in [5, 5.41) is 20.8. The van der Waals surface area contributed by atoms with E-state index in [-0.39, 0.29) is 18.9 Å². The number of hydrogen-bond acceptors (Lipinski definition) is 4. The number of aromatic nitrogens is 2. The number of rotatable bonds is 5. The number of H-pyrrole nitrogens is 1. The summed E-state index contributed by atoms with van der Waals surface area (Å²) in [4.78, 5) is 12.0. The fraction of sp³-hybridized carbons (Fsp3) is 0.250. The average molecular weight is 299 g/mol. The van der Waals surface area contributed by atoms with Gasteiger partial charge in [-0.25, -0.2) is 0 Å². The van der Waals surface area contributed by atoms with Gasteiger partial charge in [0.1, 0.15) is 11.4 Å². The van der Waals surface area contributed by atoms with Crippen LogP contribution in [0, 0.1) is 0 Å². The predicted molar refractivity (Wildman–Crippen MR) is 81.1 cm³/mol. The van der Waals surface area contributed by atoms with Crippen molar-refractivity contribution in [3.63, 3.8) is 0 Å². The third kappa shape index (κ3) is 3.01. The fourth-order valence-corrected chi connectivity index (χ4v) is 2.28. The van der Waals surface area contributed by atoms with Crippen molar-refractivity contribution >= 4 is 16.8 Å². The predicted octanol–water partition coefficient (Wildman–Crippen LogP) is 1.72. The number of benzene rings is 1. The summed E-state index contributed by atoms with van der Waals surface area (Å²) in [6.07, 6.45) is 3.47. The van der Waals surface area contributed by atoms with Gasteiger partial charge in [-0.15, -0.1) is 0 Å². The molecule has 6 heteroatoms. The Bertz CT molecular complexity index is 775. The smallest absolute Gasteiger partial charge is 0.224 e. The molecule has 2 aromatic heterocycles. The summed E-state index contributed by atoms with van der Waals surface area (Å²) in [6, 6.07) is 9.08. The van der Waals surface area contributed by atoms with Crippen LogP contribution >= 0.6 is 0 Å². The molecule has 22 heavy (non-hydrogen) atoms. The molecule has 1 amide bonds. The second kappa shape index (κ2) is 5.65. The number of aromatic amines is 1. The lowest BCUT2D eigenvalue weighted by Gasteiger charge is -2.21. The maximum Gasteiger partial charge on any atom is 0.224 e. The van der Waals surface area contributed by atoms with Crippen LogP contribution < -0.4 is 5.32 Å². The molecule has 0 radical (unpaired) electrons. The number of nitrogens with one attached hydrogen (secondary N) is 2. The number of fused-ring (bicyclic) bond motifs is 1. The maximum absolute atomic E-state index is 12.0. The highest BCUT2D eigenvalue weighted by Crippen LogP contribution is 2.20. The Morgan fingerprint density at radius 2 is 2.32 bits per heavy atom. The topological polar surface area (TPSA) is 91.1 Å². The minimum absolute atomic E-state index is 0.0889. The summed E-state index contributed by atoms with van der Waals surface area (Å²) in [7, 11) is 0. The number of hydrogen-bond donors (Lipinski definition) is 3. The van der Waals surface area contributed by atoms with Crippen LogP contribution in [0.2, 0.25) is 0 Å². The van der Waals surface area contributed by atoms with Crippen molar-refractivity contribution in [2.75, 3.05) is 6.54 Å². The summed E-state index contributed by atoms with van der Waals surface area (Å²) in [5.41, 5.74) is 0.548.